The van der Waals surface area contributed by atoms with E-state index in [9.17, 15) is 5.11 Å². The fourth-order valence-corrected chi connectivity index (χ4v) is 3.70. The van der Waals surface area contributed by atoms with Crippen LogP contribution in [0, 0.1) is 17.3 Å². The first-order valence-electron chi connectivity index (χ1n) is 5.76. The molecule has 4 atom stereocenters. The summed E-state index contributed by atoms with van der Waals surface area (Å²) in [5.41, 5.74) is 0.200. The van der Waals surface area contributed by atoms with E-state index in [0.717, 1.165) is 12.3 Å². The van der Waals surface area contributed by atoms with Gasteiger partial charge in [0.25, 0.3) is 0 Å². The van der Waals surface area contributed by atoms with Crippen LogP contribution >= 0.6 is 0 Å². The van der Waals surface area contributed by atoms with Crippen LogP contribution in [0.3, 0.4) is 0 Å². The van der Waals surface area contributed by atoms with Crippen LogP contribution in [-0.2, 0) is 4.74 Å². The van der Waals surface area contributed by atoms with Gasteiger partial charge in [-0.15, -0.1) is 0 Å². The molecule has 0 spiro atoms. The Morgan fingerprint density at radius 1 is 1.36 bits per heavy atom. The fraction of sp³-hybridized carbons (Fsp3) is 1.00. The van der Waals surface area contributed by atoms with Crippen molar-refractivity contribution in [2.45, 2.75) is 58.8 Å². The number of hydrogen-bond donors (Lipinski definition) is 1. The number of fused-ring (bicyclic) bond motifs is 2. The molecule has 0 heterocycles. The van der Waals surface area contributed by atoms with Crippen LogP contribution in [0.1, 0.15) is 47.0 Å². The fourth-order valence-electron chi connectivity index (χ4n) is 3.70. The van der Waals surface area contributed by atoms with Gasteiger partial charge in [0.15, 0.2) is 6.29 Å². The van der Waals surface area contributed by atoms with E-state index < -0.39 is 6.29 Å². The number of ether oxygens (including phenoxy) is 1. The summed E-state index contributed by atoms with van der Waals surface area (Å²) in [7, 11) is 0. The minimum atomic E-state index is -0.629. The monoisotopic (exact) mass is 198 g/mol. The molecule has 0 radical (unpaired) electrons. The molecule has 0 aromatic rings. The second kappa shape index (κ2) is 2.96. The van der Waals surface area contributed by atoms with Gasteiger partial charge in [-0.1, -0.05) is 20.8 Å². The zero-order valence-electron chi connectivity index (χ0n) is 9.71. The molecule has 3 aliphatic carbocycles. The molecule has 3 saturated carbocycles. The van der Waals surface area contributed by atoms with Crippen molar-refractivity contribution in [3.05, 3.63) is 0 Å². The lowest BCUT2D eigenvalue weighted by Crippen LogP contribution is -2.69. The Bertz CT molecular complexity index is 234. The highest BCUT2D eigenvalue weighted by molar-refractivity contribution is 5.15. The average Bonchev–Trinajstić information content (AvgIpc) is 2.07. The molecule has 2 nitrogen and oxygen atoms in total. The van der Waals surface area contributed by atoms with E-state index in [4.69, 9.17) is 4.74 Å². The van der Waals surface area contributed by atoms with Crippen molar-refractivity contribution in [2.75, 3.05) is 0 Å². The van der Waals surface area contributed by atoms with Crippen LogP contribution in [0.25, 0.3) is 0 Å². The van der Waals surface area contributed by atoms with Crippen molar-refractivity contribution >= 4 is 0 Å². The molecule has 0 saturated heterocycles. The van der Waals surface area contributed by atoms with Gasteiger partial charge >= 0.3 is 0 Å². The van der Waals surface area contributed by atoms with E-state index in [1.165, 1.54) is 12.8 Å². The van der Waals surface area contributed by atoms with Crippen molar-refractivity contribution in [1.82, 2.24) is 0 Å². The average molecular weight is 198 g/mol. The van der Waals surface area contributed by atoms with E-state index in [1.54, 1.807) is 6.92 Å². The topological polar surface area (TPSA) is 29.5 Å². The van der Waals surface area contributed by atoms with E-state index in [0.29, 0.717) is 5.92 Å². The summed E-state index contributed by atoms with van der Waals surface area (Å²) in [6.07, 6.45) is 3.10. The largest absolute Gasteiger partial charge is 0.368 e. The molecule has 14 heavy (non-hydrogen) atoms. The maximum absolute atomic E-state index is 9.42. The standard InChI is InChI=1S/C12H22O2/c1-8-5-6-10-7-12(8,11(10,3)4)14-9(2)13/h8-10,13H,5-7H2,1-4H3. The normalized spacial score (nSPS) is 46.9. The number of rotatable bonds is 2. The van der Waals surface area contributed by atoms with Crippen LogP contribution in [-0.4, -0.2) is 17.0 Å². The van der Waals surface area contributed by atoms with Crippen LogP contribution in [0.15, 0.2) is 0 Å². The molecule has 2 heteroatoms. The number of aliphatic hydroxyl groups is 1. The van der Waals surface area contributed by atoms with Crippen molar-refractivity contribution in [3.63, 3.8) is 0 Å². The third-order valence-electron chi connectivity index (χ3n) is 4.79. The lowest BCUT2D eigenvalue weighted by molar-refractivity contribution is -0.323. The van der Waals surface area contributed by atoms with E-state index in [-0.39, 0.29) is 11.0 Å². The van der Waals surface area contributed by atoms with Crippen LogP contribution in [0.4, 0.5) is 0 Å². The highest BCUT2D eigenvalue weighted by atomic mass is 16.6. The third-order valence-corrected chi connectivity index (χ3v) is 4.79. The summed E-state index contributed by atoms with van der Waals surface area (Å²) in [5, 5.41) is 9.42. The summed E-state index contributed by atoms with van der Waals surface area (Å²) >= 11 is 0. The Hall–Kier alpha value is -0.0800. The quantitative estimate of drug-likeness (QED) is 0.691. The summed E-state index contributed by atoms with van der Waals surface area (Å²) in [6.45, 7) is 8.57. The summed E-state index contributed by atoms with van der Waals surface area (Å²) in [5.74, 6) is 1.38. The third kappa shape index (κ3) is 1.10. The summed E-state index contributed by atoms with van der Waals surface area (Å²) in [6, 6.07) is 0. The van der Waals surface area contributed by atoms with E-state index in [2.05, 4.69) is 20.8 Å². The van der Waals surface area contributed by atoms with Crippen LogP contribution in [0.2, 0.25) is 0 Å². The van der Waals surface area contributed by atoms with Crippen molar-refractivity contribution in [3.8, 4) is 0 Å². The molecule has 0 aromatic heterocycles. The Labute approximate surface area is 86.6 Å². The molecule has 82 valence electrons. The maximum Gasteiger partial charge on any atom is 0.152 e. The van der Waals surface area contributed by atoms with Gasteiger partial charge in [-0.2, -0.15) is 0 Å². The van der Waals surface area contributed by atoms with Gasteiger partial charge in [-0.3, -0.25) is 0 Å². The first-order chi connectivity index (χ1) is 6.40. The molecule has 3 aliphatic rings. The Morgan fingerprint density at radius 2 is 2.00 bits per heavy atom. The molecule has 4 unspecified atom stereocenters. The molecular formula is C12H22O2. The highest BCUT2D eigenvalue weighted by Crippen LogP contribution is 2.66. The second-order valence-electron chi connectivity index (χ2n) is 5.71. The van der Waals surface area contributed by atoms with Gasteiger partial charge in [-0.25, -0.2) is 0 Å². The van der Waals surface area contributed by atoms with Crippen molar-refractivity contribution in [1.29, 1.82) is 0 Å². The first kappa shape index (κ1) is 10.4. The zero-order chi connectivity index (χ0) is 10.6. The van der Waals surface area contributed by atoms with Gasteiger partial charge in [0, 0.05) is 0 Å². The van der Waals surface area contributed by atoms with Gasteiger partial charge in [0.05, 0.1) is 5.60 Å². The molecule has 3 fully saturated rings. The first-order valence-corrected chi connectivity index (χ1v) is 5.76. The van der Waals surface area contributed by atoms with Gasteiger partial charge in [-0.05, 0) is 43.4 Å². The van der Waals surface area contributed by atoms with Gasteiger partial charge in [0.2, 0.25) is 0 Å². The number of aliphatic hydroxyl groups excluding tert-OH is 1. The number of hydrogen-bond acceptors (Lipinski definition) is 2. The SMILES string of the molecule is CC(O)OC12CC(CCC1C)C2(C)C. The van der Waals surface area contributed by atoms with Crippen LogP contribution in [0.5, 0.6) is 0 Å². The molecular weight excluding hydrogens is 176 g/mol. The van der Waals surface area contributed by atoms with Crippen molar-refractivity contribution < 1.29 is 9.84 Å². The highest BCUT2D eigenvalue weighted by Gasteiger charge is 2.65. The molecule has 0 amide bonds. The van der Waals surface area contributed by atoms with E-state index >= 15 is 0 Å². The summed E-state index contributed by atoms with van der Waals surface area (Å²) < 4.78 is 5.83. The Kier molecular flexibility index (Phi) is 2.20. The summed E-state index contributed by atoms with van der Waals surface area (Å²) in [4.78, 5) is 0. The smallest absolute Gasteiger partial charge is 0.152 e. The van der Waals surface area contributed by atoms with E-state index in [1.807, 2.05) is 0 Å². The minimum Gasteiger partial charge on any atom is -0.368 e. The molecule has 2 bridgehead atoms. The van der Waals surface area contributed by atoms with Gasteiger partial charge in [0.1, 0.15) is 0 Å². The predicted molar refractivity (Wildman–Crippen MR) is 55.8 cm³/mol. The second-order valence-corrected chi connectivity index (χ2v) is 5.71. The molecule has 0 aromatic carbocycles. The van der Waals surface area contributed by atoms with Gasteiger partial charge < -0.3 is 9.84 Å². The zero-order valence-corrected chi connectivity index (χ0v) is 9.71. The minimum absolute atomic E-state index is 0.0515. The lowest BCUT2D eigenvalue weighted by atomic mass is 9.42. The Morgan fingerprint density at radius 3 is 2.43 bits per heavy atom. The molecule has 3 rings (SSSR count). The molecule has 0 aliphatic heterocycles. The molecule has 1 N–H and O–H groups in total. The maximum atomic E-state index is 9.42. The predicted octanol–water partition coefficient (Wildman–Crippen LogP) is 2.56. The Balaban J connectivity index is 2.22. The lowest BCUT2D eigenvalue weighted by Gasteiger charge is -2.67. The van der Waals surface area contributed by atoms with Crippen LogP contribution < -0.4 is 0 Å². The van der Waals surface area contributed by atoms with Crippen molar-refractivity contribution in [2.24, 2.45) is 17.3 Å².